The number of nitriles is 1. The third-order valence-electron chi connectivity index (χ3n) is 5.89. The Kier molecular flexibility index (Phi) is 11.3. The molecule has 0 N–H and O–H groups in total. The lowest BCUT2D eigenvalue weighted by Crippen LogP contribution is -2.25. The lowest BCUT2D eigenvalue weighted by Gasteiger charge is -2.24. The number of hydrogen-bond donors (Lipinski definition) is 0. The van der Waals surface area contributed by atoms with Gasteiger partial charge >= 0.3 is 0 Å². The Morgan fingerprint density at radius 1 is 0.714 bits per heavy atom. The summed E-state index contributed by atoms with van der Waals surface area (Å²) in [6, 6.07) is 23.2. The van der Waals surface area contributed by atoms with Crippen molar-refractivity contribution in [1.82, 2.24) is 0 Å². The van der Waals surface area contributed by atoms with E-state index in [4.69, 9.17) is 5.26 Å². The standard InChI is InChI=1S/C31H32I2N2/c1-3-5-19-35(20-6-4-2)29-17-13-25(14-18-29)12-16-28-22-30(32)27(21-31(28)33)15-11-24-7-9-26(23-34)10-8-24/h7-18,21-22H,3-6,19-20H2,1-2H3/b15-11+,16-12+. The van der Waals surface area contributed by atoms with Gasteiger partial charge in [-0.25, -0.2) is 0 Å². The monoisotopic (exact) mass is 686 g/mol. The highest BCUT2D eigenvalue weighted by Gasteiger charge is 2.06. The van der Waals surface area contributed by atoms with E-state index in [1.165, 1.54) is 55.2 Å². The Morgan fingerprint density at radius 2 is 1.17 bits per heavy atom. The van der Waals surface area contributed by atoms with Gasteiger partial charge in [0.25, 0.3) is 0 Å². The average molecular weight is 686 g/mol. The second kappa shape index (κ2) is 14.4. The number of benzene rings is 3. The first-order chi connectivity index (χ1) is 17.0. The molecule has 0 amide bonds. The molecule has 4 heteroatoms. The van der Waals surface area contributed by atoms with Crippen molar-refractivity contribution in [2.24, 2.45) is 0 Å². The highest BCUT2D eigenvalue weighted by Crippen LogP contribution is 2.25. The molecule has 3 aromatic rings. The van der Waals surface area contributed by atoms with Crippen molar-refractivity contribution in [2.75, 3.05) is 18.0 Å². The molecular formula is C31H32I2N2. The van der Waals surface area contributed by atoms with Crippen LogP contribution in [0.3, 0.4) is 0 Å². The number of rotatable bonds is 11. The van der Waals surface area contributed by atoms with Crippen LogP contribution in [0.1, 0.15) is 67.3 Å². The molecule has 2 nitrogen and oxygen atoms in total. The summed E-state index contributed by atoms with van der Waals surface area (Å²) in [6.07, 6.45) is 13.6. The van der Waals surface area contributed by atoms with Crippen LogP contribution >= 0.6 is 45.2 Å². The van der Waals surface area contributed by atoms with Gasteiger partial charge < -0.3 is 4.90 Å². The lowest BCUT2D eigenvalue weighted by atomic mass is 10.1. The van der Waals surface area contributed by atoms with Crippen LogP contribution in [0.25, 0.3) is 24.3 Å². The van der Waals surface area contributed by atoms with Crippen LogP contribution in [0.4, 0.5) is 5.69 Å². The van der Waals surface area contributed by atoms with Crippen LogP contribution in [0.5, 0.6) is 0 Å². The van der Waals surface area contributed by atoms with Gasteiger partial charge in [0, 0.05) is 25.9 Å². The molecule has 0 fully saturated rings. The third-order valence-corrected chi connectivity index (χ3v) is 7.76. The maximum atomic E-state index is 8.96. The van der Waals surface area contributed by atoms with E-state index in [-0.39, 0.29) is 0 Å². The van der Waals surface area contributed by atoms with E-state index in [1.807, 2.05) is 24.3 Å². The summed E-state index contributed by atoms with van der Waals surface area (Å²) in [4.78, 5) is 2.52. The molecule has 0 bridgehead atoms. The smallest absolute Gasteiger partial charge is 0.0991 e. The summed E-state index contributed by atoms with van der Waals surface area (Å²) in [5, 5.41) is 8.96. The molecule has 3 rings (SSSR count). The van der Waals surface area contributed by atoms with Crippen LogP contribution in [0.15, 0.2) is 60.7 Å². The van der Waals surface area contributed by atoms with Crippen molar-refractivity contribution >= 4 is 75.2 Å². The SMILES string of the molecule is CCCCN(CCCC)c1ccc(/C=C/c2cc(I)c(/C=C/c3ccc(C#N)cc3)cc2I)cc1. The molecular weight excluding hydrogens is 654 g/mol. The van der Waals surface area contributed by atoms with Gasteiger partial charge in [0.1, 0.15) is 0 Å². The normalized spacial score (nSPS) is 11.3. The molecule has 0 aliphatic heterocycles. The van der Waals surface area contributed by atoms with E-state index in [0.29, 0.717) is 5.56 Å². The van der Waals surface area contributed by atoms with Crippen molar-refractivity contribution in [3.8, 4) is 6.07 Å². The predicted octanol–water partition coefficient (Wildman–Crippen LogP) is 9.51. The molecule has 0 atom stereocenters. The summed E-state index contributed by atoms with van der Waals surface area (Å²) in [5.41, 5.74) is 6.73. The van der Waals surface area contributed by atoms with Gasteiger partial charge in [-0.2, -0.15) is 5.26 Å². The van der Waals surface area contributed by atoms with Crippen molar-refractivity contribution in [1.29, 1.82) is 5.26 Å². The Morgan fingerprint density at radius 3 is 1.60 bits per heavy atom. The van der Waals surface area contributed by atoms with Crippen LogP contribution in [0.2, 0.25) is 0 Å². The Bertz CT molecular complexity index is 1180. The number of nitrogens with zero attached hydrogens (tertiary/aromatic N) is 2. The first kappa shape index (κ1) is 27.5. The quantitative estimate of drug-likeness (QED) is 0.149. The molecule has 0 aliphatic carbocycles. The van der Waals surface area contributed by atoms with E-state index in [0.717, 1.165) is 18.7 Å². The van der Waals surface area contributed by atoms with E-state index in [1.54, 1.807) is 0 Å². The molecule has 35 heavy (non-hydrogen) atoms. The topological polar surface area (TPSA) is 27.0 Å². The molecule has 0 radical (unpaired) electrons. The summed E-state index contributed by atoms with van der Waals surface area (Å²) >= 11 is 4.82. The minimum Gasteiger partial charge on any atom is -0.372 e. The molecule has 0 spiro atoms. The van der Waals surface area contributed by atoms with E-state index >= 15 is 0 Å². The summed E-state index contributed by atoms with van der Waals surface area (Å²) in [7, 11) is 0. The fourth-order valence-electron chi connectivity index (χ4n) is 3.74. The highest BCUT2D eigenvalue weighted by molar-refractivity contribution is 14.1. The van der Waals surface area contributed by atoms with E-state index in [2.05, 4.69) is 131 Å². The Balaban J connectivity index is 1.70. The largest absolute Gasteiger partial charge is 0.372 e. The second-order valence-electron chi connectivity index (χ2n) is 8.58. The predicted molar refractivity (Wildman–Crippen MR) is 169 cm³/mol. The number of hydrogen-bond acceptors (Lipinski definition) is 2. The van der Waals surface area contributed by atoms with Crippen molar-refractivity contribution in [3.63, 3.8) is 0 Å². The molecule has 3 aromatic carbocycles. The van der Waals surface area contributed by atoms with E-state index < -0.39 is 0 Å². The summed E-state index contributed by atoms with van der Waals surface area (Å²) in [6.45, 7) is 6.78. The van der Waals surface area contributed by atoms with Crippen molar-refractivity contribution in [2.45, 2.75) is 39.5 Å². The zero-order chi connectivity index (χ0) is 25.0. The Hall–Kier alpha value is -2.11. The van der Waals surface area contributed by atoms with Crippen LogP contribution in [0, 0.1) is 18.5 Å². The molecule has 0 saturated heterocycles. The van der Waals surface area contributed by atoms with Gasteiger partial charge in [-0.15, -0.1) is 0 Å². The zero-order valence-electron chi connectivity index (χ0n) is 20.5. The molecule has 0 unspecified atom stereocenters. The average Bonchev–Trinajstić information content (AvgIpc) is 2.89. The Labute approximate surface area is 238 Å². The van der Waals surface area contributed by atoms with Gasteiger partial charge in [-0.05, 0) is 117 Å². The maximum Gasteiger partial charge on any atom is 0.0991 e. The van der Waals surface area contributed by atoms with Crippen molar-refractivity contribution in [3.05, 3.63) is 95.6 Å². The number of unbranched alkanes of at least 4 members (excludes halogenated alkanes) is 2. The zero-order valence-corrected chi connectivity index (χ0v) is 24.8. The molecule has 180 valence electrons. The maximum absolute atomic E-state index is 8.96. The van der Waals surface area contributed by atoms with Crippen LogP contribution in [-0.4, -0.2) is 13.1 Å². The fourth-order valence-corrected chi connectivity index (χ4v) is 5.08. The minimum atomic E-state index is 0.683. The third kappa shape index (κ3) is 8.50. The van der Waals surface area contributed by atoms with Gasteiger partial charge in [-0.3, -0.25) is 0 Å². The number of halogens is 2. The van der Waals surface area contributed by atoms with Crippen LogP contribution in [-0.2, 0) is 0 Å². The van der Waals surface area contributed by atoms with Gasteiger partial charge in [0.2, 0.25) is 0 Å². The van der Waals surface area contributed by atoms with E-state index in [9.17, 15) is 0 Å². The lowest BCUT2D eigenvalue weighted by molar-refractivity contribution is 0.678. The van der Waals surface area contributed by atoms with Gasteiger partial charge in [0.05, 0.1) is 11.6 Å². The first-order valence-electron chi connectivity index (χ1n) is 12.2. The fraction of sp³-hybridized carbons (Fsp3) is 0.258. The number of anilines is 1. The van der Waals surface area contributed by atoms with Gasteiger partial charge in [0.15, 0.2) is 0 Å². The van der Waals surface area contributed by atoms with Crippen molar-refractivity contribution < 1.29 is 0 Å². The minimum absolute atomic E-state index is 0.683. The first-order valence-corrected chi connectivity index (χ1v) is 14.4. The summed E-state index contributed by atoms with van der Waals surface area (Å²) < 4.78 is 2.44. The second-order valence-corrected chi connectivity index (χ2v) is 10.9. The molecule has 0 aromatic heterocycles. The highest BCUT2D eigenvalue weighted by atomic mass is 127. The summed E-state index contributed by atoms with van der Waals surface area (Å²) in [5.74, 6) is 0. The van der Waals surface area contributed by atoms with Gasteiger partial charge in [-0.1, -0.05) is 75.3 Å². The molecule has 0 aliphatic rings. The van der Waals surface area contributed by atoms with Crippen LogP contribution < -0.4 is 4.90 Å². The molecule has 0 saturated carbocycles. The molecule has 0 heterocycles.